The fourth-order valence-electron chi connectivity index (χ4n) is 4.18. The first-order valence-electron chi connectivity index (χ1n) is 13.2. The van der Waals surface area contributed by atoms with Crippen molar-refractivity contribution < 1.29 is 18.0 Å². The Bertz CT molecular complexity index is 1470. The number of halogens is 3. The van der Waals surface area contributed by atoms with Crippen LogP contribution in [-0.4, -0.2) is 58.9 Å². The molecule has 0 aliphatic carbocycles. The summed E-state index contributed by atoms with van der Waals surface area (Å²) >= 11 is 1.49. The van der Waals surface area contributed by atoms with Crippen LogP contribution in [0, 0.1) is 0 Å². The van der Waals surface area contributed by atoms with Crippen LogP contribution in [0.1, 0.15) is 35.4 Å². The Morgan fingerprint density at radius 2 is 1.95 bits per heavy atom. The number of rotatable bonds is 13. The topological polar surface area (TPSA) is 85.9 Å². The predicted molar refractivity (Wildman–Crippen MR) is 160 cm³/mol. The number of aromatic amines is 1. The number of thioether (sulfide) groups is 1. The number of carbonyl (C=O) groups excluding carboxylic acids is 1. The quantitative estimate of drug-likeness (QED) is 0.127. The van der Waals surface area contributed by atoms with Crippen molar-refractivity contribution >= 4 is 46.4 Å². The molecule has 2 aromatic carbocycles. The van der Waals surface area contributed by atoms with Gasteiger partial charge in [0.2, 0.25) is 5.91 Å². The summed E-state index contributed by atoms with van der Waals surface area (Å²) in [6, 6.07) is 15.5. The Labute approximate surface area is 241 Å². The summed E-state index contributed by atoms with van der Waals surface area (Å²) in [6.07, 6.45) is 2.00. The Morgan fingerprint density at radius 1 is 1.10 bits per heavy atom. The normalized spacial score (nSPS) is 12.0. The number of nitrogens with one attached hydrogen (secondary N) is 3. The number of amides is 1. The van der Waals surface area contributed by atoms with Gasteiger partial charge in [-0.05, 0) is 93.8 Å². The van der Waals surface area contributed by atoms with Gasteiger partial charge >= 0.3 is 6.18 Å². The van der Waals surface area contributed by atoms with E-state index in [-0.39, 0.29) is 30.1 Å². The minimum Gasteiger partial charge on any atom is -0.326 e. The highest BCUT2D eigenvalue weighted by Gasteiger charge is 2.33. The smallest absolute Gasteiger partial charge is 0.326 e. The molecule has 1 amide bonds. The van der Waals surface area contributed by atoms with Gasteiger partial charge in [-0.1, -0.05) is 12.1 Å². The van der Waals surface area contributed by atoms with Gasteiger partial charge in [-0.3, -0.25) is 14.9 Å². The molecule has 4 rings (SSSR count). The summed E-state index contributed by atoms with van der Waals surface area (Å²) in [6.45, 7) is 1.57. The van der Waals surface area contributed by atoms with E-state index >= 15 is 0 Å². The van der Waals surface area contributed by atoms with E-state index < -0.39 is 11.7 Å². The zero-order valence-electron chi connectivity index (χ0n) is 23.0. The SMILES string of the molecule is CN(C)CCCNCc1ccc(NC(=O)CCSc2ccc3c(/C=C/c4ccccn4)n[nH]c3c2)cc1C(F)(F)F. The van der Waals surface area contributed by atoms with E-state index in [1.54, 1.807) is 6.20 Å². The Kier molecular flexibility index (Phi) is 10.6. The molecule has 2 aromatic heterocycles. The van der Waals surface area contributed by atoms with Crippen molar-refractivity contribution in [2.24, 2.45) is 0 Å². The average Bonchev–Trinajstić information content (AvgIpc) is 3.34. The van der Waals surface area contributed by atoms with Crippen LogP contribution in [0.15, 0.2) is 65.7 Å². The lowest BCUT2D eigenvalue weighted by atomic mass is 10.1. The number of anilines is 1. The molecule has 0 atom stereocenters. The van der Waals surface area contributed by atoms with Crippen LogP contribution in [0.3, 0.4) is 0 Å². The largest absolute Gasteiger partial charge is 0.416 e. The third-order valence-electron chi connectivity index (χ3n) is 6.23. The van der Waals surface area contributed by atoms with Gasteiger partial charge < -0.3 is 15.5 Å². The van der Waals surface area contributed by atoms with E-state index in [0.29, 0.717) is 12.3 Å². The third-order valence-corrected chi connectivity index (χ3v) is 7.23. The van der Waals surface area contributed by atoms with Gasteiger partial charge in [0.15, 0.2) is 0 Å². The Hall–Kier alpha value is -3.67. The number of fused-ring (bicyclic) bond motifs is 1. The highest BCUT2D eigenvalue weighted by Crippen LogP contribution is 2.34. The zero-order chi connectivity index (χ0) is 29.2. The molecule has 11 heteroatoms. The molecule has 0 spiro atoms. The molecule has 4 aromatic rings. The second-order valence-electron chi connectivity index (χ2n) is 9.75. The van der Waals surface area contributed by atoms with Gasteiger partial charge in [0.1, 0.15) is 0 Å². The van der Waals surface area contributed by atoms with Gasteiger partial charge in [0, 0.05) is 40.9 Å². The second-order valence-corrected chi connectivity index (χ2v) is 10.9. The van der Waals surface area contributed by atoms with Crippen molar-refractivity contribution in [1.82, 2.24) is 25.4 Å². The molecule has 0 fully saturated rings. The molecule has 2 heterocycles. The standard InChI is InChI=1S/C30H33F3N6OS/c1-39(2)16-5-14-34-20-21-7-8-23(18-26(21)30(31,32)33)36-29(40)13-17-41-24-10-11-25-27(37-38-28(25)19-24)12-9-22-6-3-4-15-35-22/h3-4,6-12,15,18-19,34H,5,13-14,16-17,20H2,1-2H3,(H,36,40)(H,37,38)/b12-9+. The highest BCUT2D eigenvalue weighted by molar-refractivity contribution is 7.99. The van der Waals surface area contributed by atoms with E-state index in [2.05, 4.69) is 25.8 Å². The van der Waals surface area contributed by atoms with Crippen LogP contribution in [0.25, 0.3) is 23.1 Å². The third kappa shape index (κ3) is 9.17. The molecule has 3 N–H and O–H groups in total. The number of hydrogen-bond donors (Lipinski definition) is 3. The number of pyridine rings is 1. The fraction of sp³-hybridized carbons (Fsp3) is 0.300. The van der Waals surface area contributed by atoms with Crippen LogP contribution in [-0.2, 0) is 17.5 Å². The van der Waals surface area contributed by atoms with E-state index in [4.69, 9.17) is 0 Å². The van der Waals surface area contributed by atoms with Crippen molar-refractivity contribution in [2.75, 3.05) is 38.3 Å². The maximum absolute atomic E-state index is 13.7. The fourth-order valence-corrected chi connectivity index (χ4v) is 5.06. The summed E-state index contributed by atoms with van der Waals surface area (Å²) in [5.41, 5.74) is 2.04. The number of hydrogen-bond acceptors (Lipinski definition) is 6. The lowest BCUT2D eigenvalue weighted by Gasteiger charge is -2.16. The summed E-state index contributed by atoms with van der Waals surface area (Å²) in [5, 5.41) is 14.0. The molecule has 7 nitrogen and oxygen atoms in total. The lowest BCUT2D eigenvalue weighted by molar-refractivity contribution is -0.138. The van der Waals surface area contributed by atoms with E-state index in [0.717, 1.165) is 46.2 Å². The Morgan fingerprint density at radius 3 is 2.71 bits per heavy atom. The van der Waals surface area contributed by atoms with Crippen molar-refractivity contribution in [3.8, 4) is 0 Å². The molecule has 0 saturated carbocycles. The van der Waals surface area contributed by atoms with E-state index in [1.165, 1.54) is 23.9 Å². The minimum absolute atomic E-state index is 0.107. The predicted octanol–water partition coefficient (Wildman–Crippen LogP) is 6.31. The number of carbonyl (C=O) groups is 1. The molecular formula is C30H33F3N6OS. The summed E-state index contributed by atoms with van der Waals surface area (Å²) < 4.78 is 41.1. The molecular weight excluding hydrogens is 549 g/mol. The van der Waals surface area contributed by atoms with E-state index in [1.807, 2.05) is 67.5 Å². The number of aromatic nitrogens is 3. The molecule has 0 saturated heterocycles. The van der Waals surface area contributed by atoms with Crippen LogP contribution in [0.4, 0.5) is 18.9 Å². The van der Waals surface area contributed by atoms with Crippen molar-refractivity contribution in [3.05, 3.63) is 83.3 Å². The van der Waals surface area contributed by atoms with Gasteiger partial charge in [-0.15, -0.1) is 11.8 Å². The minimum atomic E-state index is -4.52. The first-order valence-corrected chi connectivity index (χ1v) is 14.2. The first-order chi connectivity index (χ1) is 19.7. The molecule has 0 radical (unpaired) electrons. The number of alkyl halides is 3. The molecule has 216 valence electrons. The number of nitrogens with zero attached hydrogens (tertiary/aromatic N) is 3. The Balaban J connectivity index is 1.29. The van der Waals surface area contributed by atoms with Crippen LogP contribution in [0.5, 0.6) is 0 Å². The molecule has 0 aliphatic heterocycles. The van der Waals surface area contributed by atoms with Crippen LogP contribution >= 0.6 is 11.8 Å². The molecule has 0 unspecified atom stereocenters. The summed E-state index contributed by atoms with van der Waals surface area (Å²) in [4.78, 5) is 19.8. The zero-order valence-corrected chi connectivity index (χ0v) is 23.8. The van der Waals surface area contributed by atoms with Crippen molar-refractivity contribution in [3.63, 3.8) is 0 Å². The van der Waals surface area contributed by atoms with Crippen LogP contribution < -0.4 is 10.6 Å². The maximum Gasteiger partial charge on any atom is 0.416 e. The summed E-state index contributed by atoms with van der Waals surface area (Å²) in [7, 11) is 3.90. The molecule has 0 aliphatic rings. The van der Waals surface area contributed by atoms with Gasteiger partial charge in [-0.2, -0.15) is 18.3 Å². The van der Waals surface area contributed by atoms with E-state index in [9.17, 15) is 18.0 Å². The molecule has 41 heavy (non-hydrogen) atoms. The maximum atomic E-state index is 13.7. The average molecular weight is 583 g/mol. The van der Waals surface area contributed by atoms with Gasteiger partial charge in [-0.25, -0.2) is 0 Å². The van der Waals surface area contributed by atoms with Gasteiger partial charge in [0.25, 0.3) is 0 Å². The second kappa shape index (κ2) is 14.3. The number of H-pyrrole nitrogens is 1. The van der Waals surface area contributed by atoms with Crippen molar-refractivity contribution in [1.29, 1.82) is 0 Å². The number of benzene rings is 2. The monoisotopic (exact) mass is 582 g/mol. The summed E-state index contributed by atoms with van der Waals surface area (Å²) in [5.74, 6) is 0.128. The lowest BCUT2D eigenvalue weighted by Crippen LogP contribution is -2.22. The van der Waals surface area contributed by atoms with Crippen molar-refractivity contribution in [2.45, 2.75) is 30.5 Å². The highest BCUT2D eigenvalue weighted by atomic mass is 32.2. The first kappa shape index (κ1) is 30.3. The van der Waals surface area contributed by atoms with Crippen LogP contribution in [0.2, 0.25) is 0 Å². The molecule has 0 bridgehead atoms. The van der Waals surface area contributed by atoms with Gasteiger partial charge in [0.05, 0.1) is 22.5 Å².